The second-order valence-corrected chi connectivity index (χ2v) is 8.79. The third kappa shape index (κ3) is 5.37. The van der Waals surface area contributed by atoms with E-state index in [2.05, 4.69) is 12.2 Å². The molecule has 1 amide bonds. The molecule has 0 aliphatic carbocycles. The Kier molecular flexibility index (Phi) is 7.31. The maximum atomic E-state index is 13.4. The Labute approximate surface area is 202 Å². The van der Waals surface area contributed by atoms with Gasteiger partial charge in [0.25, 0.3) is 0 Å². The molecule has 1 aromatic heterocycles. The highest BCUT2D eigenvalue weighted by molar-refractivity contribution is 6.35. The maximum Gasteiger partial charge on any atom is 0.243 e. The lowest BCUT2D eigenvalue weighted by Crippen LogP contribution is -2.33. The van der Waals surface area contributed by atoms with Gasteiger partial charge < -0.3 is 9.88 Å². The summed E-state index contributed by atoms with van der Waals surface area (Å²) in [5, 5.41) is 4.15. The van der Waals surface area contributed by atoms with Crippen molar-refractivity contribution in [3.8, 4) is 0 Å². The number of fused-ring (bicyclic) bond motifs is 1. The van der Waals surface area contributed by atoms with E-state index in [-0.39, 0.29) is 11.7 Å². The molecule has 1 atom stereocenters. The normalized spacial score (nSPS) is 12.1. The Bertz CT molecular complexity index is 1270. The largest absolute Gasteiger partial charge is 0.350 e. The standard InChI is InChI=1S/C26H24Cl2FN3O/c1-2-5-24(26(33)30-16-17-8-12-20(29)13-9-17)32-23-7-4-3-6-22(23)31-25(32)14-18-10-11-19(27)15-21(18)28/h3-4,6-13,15,24H,2,5,14,16H2,1H3,(H,30,33). The fourth-order valence-corrected chi connectivity index (χ4v) is 4.44. The third-order valence-corrected chi connectivity index (χ3v) is 6.18. The number of hydrogen-bond donors (Lipinski definition) is 1. The van der Waals surface area contributed by atoms with Gasteiger partial charge in [-0.2, -0.15) is 0 Å². The van der Waals surface area contributed by atoms with Crippen LogP contribution in [0.5, 0.6) is 0 Å². The van der Waals surface area contributed by atoms with Gasteiger partial charge in [0.2, 0.25) is 5.91 Å². The number of halogens is 3. The van der Waals surface area contributed by atoms with Crippen LogP contribution >= 0.6 is 23.2 Å². The van der Waals surface area contributed by atoms with E-state index in [4.69, 9.17) is 28.2 Å². The van der Waals surface area contributed by atoms with Gasteiger partial charge in [-0.15, -0.1) is 0 Å². The van der Waals surface area contributed by atoms with Crippen LogP contribution in [0, 0.1) is 5.82 Å². The topological polar surface area (TPSA) is 46.9 Å². The highest BCUT2D eigenvalue weighted by Crippen LogP contribution is 2.29. The van der Waals surface area contributed by atoms with Crippen molar-refractivity contribution in [2.24, 2.45) is 0 Å². The van der Waals surface area contributed by atoms with E-state index in [1.54, 1.807) is 24.3 Å². The van der Waals surface area contributed by atoms with Gasteiger partial charge in [-0.1, -0.05) is 66.9 Å². The SMILES string of the molecule is CCCC(C(=O)NCc1ccc(F)cc1)n1c(Cc2ccc(Cl)cc2Cl)nc2ccccc21. The zero-order chi connectivity index (χ0) is 23.4. The maximum absolute atomic E-state index is 13.4. The Hall–Kier alpha value is -2.89. The molecule has 0 saturated heterocycles. The number of carbonyl (C=O) groups is 1. The molecule has 170 valence electrons. The minimum absolute atomic E-state index is 0.104. The summed E-state index contributed by atoms with van der Waals surface area (Å²) in [6.45, 7) is 2.37. The second kappa shape index (κ2) is 10.4. The molecule has 4 rings (SSSR count). The van der Waals surface area contributed by atoms with Crippen molar-refractivity contribution in [1.29, 1.82) is 0 Å². The molecule has 0 spiro atoms. The van der Waals surface area contributed by atoms with Gasteiger partial charge >= 0.3 is 0 Å². The van der Waals surface area contributed by atoms with Gasteiger partial charge in [-0.3, -0.25) is 4.79 Å². The number of para-hydroxylation sites is 2. The number of amides is 1. The fourth-order valence-electron chi connectivity index (χ4n) is 3.96. The van der Waals surface area contributed by atoms with Crippen molar-refractivity contribution in [2.75, 3.05) is 0 Å². The second-order valence-electron chi connectivity index (χ2n) is 7.95. The smallest absolute Gasteiger partial charge is 0.243 e. The molecule has 0 aliphatic rings. The average Bonchev–Trinajstić information content (AvgIpc) is 3.16. The van der Waals surface area contributed by atoms with Crippen LogP contribution in [0.3, 0.4) is 0 Å². The molecule has 0 saturated carbocycles. The van der Waals surface area contributed by atoms with Gasteiger partial charge in [0.1, 0.15) is 17.7 Å². The Morgan fingerprint density at radius 3 is 2.58 bits per heavy atom. The van der Waals surface area contributed by atoms with Crippen LogP contribution in [0.25, 0.3) is 11.0 Å². The highest BCUT2D eigenvalue weighted by Gasteiger charge is 2.25. The number of nitrogens with zero attached hydrogens (tertiary/aromatic N) is 2. The lowest BCUT2D eigenvalue weighted by molar-refractivity contribution is -0.124. The molecule has 0 bridgehead atoms. The summed E-state index contributed by atoms with van der Waals surface area (Å²) in [6.07, 6.45) is 1.94. The van der Waals surface area contributed by atoms with Gasteiger partial charge in [-0.05, 0) is 53.9 Å². The van der Waals surface area contributed by atoms with Crippen LogP contribution < -0.4 is 5.32 Å². The molecular formula is C26H24Cl2FN3O. The predicted molar refractivity (Wildman–Crippen MR) is 131 cm³/mol. The molecule has 7 heteroatoms. The number of imidazole rings is 1. The van der Waals surface area contributed by atoms with Crippen LogP contribution in [-0.4, -0.2) is 15.5 Å². The Balaban J connectivity index is 1.68. The molecule has 3 aromatic carbocycles. The van der Waals surface area contributed by atoms with Gasteiger partial charge in [0.05, 0.1) is 11.0 Å². The molecule has 0 aliphatic heterocycles. The zero-order valence-electron chi connectivity index (χ0n) is 18.2. The molecular weight excluding hydrogens is 460 g/mol. The first-order valence-corrected chi connectivity index (χ1v) is 11.6. The first kappa shape index (κ1) is 23.3. The van der Waals surface area contributed by atoms with Crippen molar-refractivity contribution in [3.63, 3.8) is 0 Å². The van der Waals surface area contributed by atoms with E-state index in [0.717, 1.165) is 34.4 Å². The summed E-state index contributed by atoms with van der Waals surface area (Å²) < 4.78 is 15.2. The lowest BCUT2D eigenvalue weighted by Gasteiger charge is -2.21. The summed E-state index contributed by atoms with van der Waals surface area (Å²) in [5.41, 5.74) is 3.45. The van der Waals surface area contributed by atoms with Crippen molar-refractivity contribution >= 4 is 40.1 Å². The minimum atomic E-state index is -0.441. The number of benzene rings is 3. The summed E-state index contributed by atoms with van der Waals surface area (Å²) in [7, 11) is 0. The first-order chi connectivity index (χ1) is 16.0. The number of rotatable bonds is 8. The van der Waals surface area contributed by atoms with Crippen LogP contribution in [0.2, 0.25) is 10.0 Å². The van der Waals surface area contributed by atoms with Crippen molar-refractivity contribution in [3.05, 3.63) is 99.5 Å². The van der Waals surface area contributed by atoms with E-state index in [0.29, 0.717) is 29.4 Å². The molecule has 1 unspecified atom stereocenters. The molecule has 0 fully saturated rings. The number of carbonyl (C=O) groups excluding carboxylic acids is 1. The van der Waals surface area contributed by atoms with Gasteiger partial charge in [-0.25, -0.2) is 9.37 Å². The quantitative estimate of drug-likeness (QED) is 0.302. The average molecular weight is 484 g/mol. The number of aromatic nitrogens is 2. The van der Waals surface area contributed by atoms with E-state index >= 15 is 0 Å². The molecule has 1 N–H and O–H groups in total. The molecule has 0 radical (unpaired) electrons. The molecule has 1 heterocycles. The van der Waals surface area contributed by atoms with Crippen LogP contribution in [0.4, 0.5) is 4.39 Å². The summed E-state index contributed by atoms with van der Waals surface area (Å²) in [4.78, 5) is 18.2. The minimum Gasteiger partial charge on any atom is -0.350 e. The number of hydrogen-bond acceptors (Lipinski definition) is 2. The lowest BCUT2D eigenvalue weighted by atomic mass is 10.1. The molecule has 4 aromatic rings. The summed E-state index contributed by atoms with van der Waals surface area (Å²) in [5.74, 6) is 0.355. The van der Waals surface area contributed by atoms with Crippen LogP contribution in [0.1, 0.15) is 42.8 Å². The summed E-state index contributed by atoms with van der Waals surface area (Å²) in [6, 6.07) is 18.9. The van der Waals surface area contributed by atoms with Gasteiger partial charge in [0.15, 0.2) is 0 Å². The van der Waals surface area contributed by atoms with Crippen molar-refractivity contribution < 1.29 is 9.18 Å². The summed E-state index contributed by atoms with van der Waals surface area (Å²) >= 11 is 12.5. The third-order valence-electron chi connectivity index (χ3n) is 5.59. The van der Waals surface area contributed by atoms with Gasteiger partial charge in [0, 0.05) is 23.0 Å². The van der Waals surface area contributed by atoms with Crippen molar-refractivity contribution in [1.82, 2.24) is 14.9 Å². The Morgan fingerprint density at radius 1 is 1.09 bits per heavy atom. The highest BCUT2D eigenvalue weighted by atomic mass is 35.5. The zero-order valence-corrected chi connectivity index (χ0v) is 19.7. The Morgan fingerprint density at radius 2 is 1.85 bits per heavy atom. The van der Waals surface area contributed by atoms with Crippen molar-refractivity contribution in [2.45, 2.75) is 38.8 Å². The fraction of sp³-hybridized carbons (Fsp3) is 0.231. The van der Waals surface area contributed by atoms with E-state index in [1.165, 1.54) is 12.1 Å². The van der Waals surface area contributed by atoms with E-state index in [9.17, 15) is 9.18 Å². The predicted octanol–water partition coefficient (Wildman–Crippen LogP) is 6.73. The number of nitrogens with one attached hydrogen (secondary N) is 1. The van der Waals surface area contributed by atoms with Crippen LogP contribution in [-0.2, 0) is 17.8 Å². The van der Waals surface area contributed by atoms with E-state index in [1.807, 2.05) is 34.9 Å². The molecule has 4 nitrogen and oxygen atoms in total. The monoisotopic (exact) mass is 483 g/mol. The first-order valence-electron chi connectivity index (χ1n) is 10.9. The van der Waals surface area contributed by atoms with E-state index < -0.39 is 6.04 Å². The molecule has 33 heavy (non-hydrogen) atoms. The van der Waals surface area contributed by atoms with Crippen LogP contribution in [0.15, 0.2) is 66.7 Å².